The molecule has 1 aromatic heterocycles. The van der Waals surface area contributed by atoms with Gasteiger partial charge in [-0.25, -0.2) is 4.98 Å². The van der Waals surface area contributed by atoms with Crippen LogP contribution in [0.15, 0.2) is 23.6 Å². The fourth-order valence-corrected chi connectivity index (χ4v) is 1.98. The average Bonchev–Trinajstić information content (AvgIpc) is 2.74. The molecule has 7 heteroatoms. The van der Waals surface area contributed by atoms with Gasteiger partial charge in [0.05, 0.1) is 17.7 Å². The molecule has 0 amide bonds. The summed E-state index contributed by atoms with van der Waals surface area (Å²) < 4.78 is 5.14. The molecule has 2 N–H and O–H groups in total. The Bertz CT molecular complexity index is 568. The van der Waals surface area contributed by atoms with Crippen molar-refractivity contribution < 1.29 is 9.66 Å². The van der Waals surface area contributed by atoms with E-state index < -0.39 is 4.92 Å². The molecular weight excluding hydrogens is 242 g/mol. The van der Waals surface area contributed by atoms with Gasteiger partial charge in [-0.2, -0.15) is 0 Å². The number of rotatable bonds is 3. The molecular formula is C10H9N3O3S. The van der Waals surface area contributed by atoms with Crippen LogP contribution in [-0.4, -0.2) is 17.0 Å². The predicted molar refractivity (Wildman–Crippen MR) is 65.2 cm³/mol. The monoisotopic (exact) mass is 251 g/mol. The second-order valence-corrected chi connectivity index (χ2v) is 4.10. The Labute approximate surface area is 101 Å². The second kappa shape index (κ2) is 4.38. The molecule has 0 spiro atoms. The molecule has 2 aromatic rings. The maximum atomic E-state index is 10.7. The highest BCUT2D eigenvalue weighted by molar-refractivity contribution is 7.13. The number of non-ortho nitro benzene ring substituents is 1. The van der Waals surface area contributed by atoms with Crippen LogP contribution < -0.4 is 10.5 Å². The summed E-state index contributed by atoms with van der Waals surface area (Å²) in [5, 5.41) is 12.9. The van der Waals surface area contributed by atoms with Gasteiger partial charge in [0.1, 0.15) is 5.75 Å². The minimum Gasteiger partial charge on any atom is -0.496 e. The van der Waals surface area contributed by atoms with Gasteiger partial charge in [-0.05, 0) is 6.07 Å². The van der Waals surface area contributed by atoms with Gasteiger partial charge >= 0.3 is 0 Å². The van der Waals surface area contributed by atoms with Crippen LogP contribution in [0.4, 0.5) is 10.8 Å². The fraction of sp³-hybridized carbons (Fsp3) is 0.100. The quantitative estimate of drug-likeness (QED) is 0.667. The Morgan fingerprint density at radius 1 is 1.53 bits per heavy atom. The number of nitro groups is 1. The standard InChI is InChI=1S/C10H9N3O3S/c1-16-9-3-2-6(13(14)15)4-7(9)8-5-17-10(11)12-8/h2-5H,1H3,(H2,11,12). The zero-order chi connectivity index (χ0) is 12.4. The highest BCUT2D eigenvalue weighted by Gasteiger charge is 2.14. The zero-order valence-electron chi connectivity index (χ0n) is 8.91. The normalized spacial score (nSPS) is 10.2. The molecule has 0 saturated carbocycles. The van der Waals surface area contributed by atoms with E-state index in [4.69, 9.17) is 10.5 Å². The van der Waals surface area contributed by atoms with E-state index in [0.29, 0.717) is 22.1 Å². The lowest BCUT2D eigenvalue weighted by molar-refractivity contribution is -0.384. The van der Waals surface area contributed by atoms with Crippen molar-refractivity contribution in [3.63, 3.8) is 0 Å². The number of ether oxygens (including phenoxy) is 1. The molecule has 17 heavy (non-hydrogen) atoms. The minimum absolute atomic E-state index is 0.00706. The van der Waals surface area contributed by atoms with E-state index in [1.807, 2.05) is 0 Å². The maximum absolute atomic E-state index is 10.7. The third kappa shape index (κ3) is 2.18. The number of nitro benzene ring substituents is 1. The van der Waals surface area contributed by atoms with Crippen LogP contribution in [0, 0.1) is 10.1 Å². The number of aromatic nitrogens is 1. The zero-order valence-corrected chi connectivity index (χ0v) is 9.73. The molecule has 0 aliphatic rings. The molecule has 0 atom stereocenters. The van der Waals surface area contributed by atoms with Gasteiger partial charge in [-0.3, -0.25) is 10.1 Å². The molecule has 1 aromatic carbocycles. The van der Waals surface area contributed by atoms with Crippen molar-refractivity contribution in [2.45, 2.75) is 0 Å². The van der Waals surface area contributed by atoms with E-state index in [9.17, 15) is 10.1 Å². The number of nitrogens with zero attached hydrogens (tertiary/aromatic N) is 2. The first-order chi connectivity index (χ1) is 8.11. The van der Waals surface area contributed by atoms with Crippen molar-refractivity contribution in [3.05, 3.63) is 33.7 Å². The van der Waals surface area contributed by atoms with Crippen LogP contribution in [0.1, 0.15) is 0 Å². The van der Waals surface area contributed by atoms with Crippen molar-refractivity contribution in [3.8, 4) is 17.0 Å². The van der Waals surface area contributed by atoms with Crippen LogP contribution in [0.3, 0.4) is 0 Å². The molecule has 0 bridgehead atoms. The summed E-state index contributed by atoms with van der Waals surface area (Å²) in [6.45, 7) is 0. The number of hydrogen-bond donors (Lipinski definition) is 1. The summed E-state index contributed by atoms with van der Waals surface area (Å²) in [6.07, 6.45) is 0. The van der Waals surface area contributed by atoms with Gasteiger partial charge in [0.25, 0.3) is 5.69 Å². The van der Waals surface area contributed by atoms with Gasteiger partial charge in [0, 0.05) is 23.1 Å². The van der Waals surface area contributed by atoms with Crippen LogP contribution in [-0.2, 0) is 0 Å². The molecule has 0 radical (unpaired) electrons. The van der Waals surface area contributed by atoms with Crippen LogP contribution in [0.25, 0.3) is 11.3 Å². The smallest absolute Gasteiger partial charge is 0.270 e. The number of hydrogen-bond acceptors (Lipinski definition) is 6. The Balaban J connectivity index is 2.57. The number of methoxy groups -OCH3 is 1. The van der Waals surface area contributed by atoms with Gasteiger partial charge in [0.2, 0.25) is 0 Å². The Kier molecular flexibility index (Phi) is 2.92. The third-order valence-corrected chi connectivity index (χ3v) is 2.87. The Morgan fingerprint density at radius 3 is 2.82 bits per heavy atom. The lowest BCUT2D eigenvalue weighted by atomic mass is 10.1. The van der Waals surface area contributed by atoms with Crippen molar-refractivity contribution >= 4 is 22.2 Å². The van der Waals surface area contributed by atoms with E-state index in [-0.39, 0.29) is 5.69 Å². The minimum atomic E-state index is -0.460. The van der Waals surface area contributed by atoms with Crippen molar-refractivity contribution in [2.24, 2.45) is 0 Å². The van der Waals surface area contributed by atoms with Crippen molar-refractivity contribution in [1.82, 2.24) is 4.98 Å². The van der Waals surface area contributed by atoms with E-state index in [2.05, 4.69) is 4.98 Å². The van der Waals surface area contributed by atoms with Gasteiger partial charge in [-0.15, -0.1) is 11.3 Å². The number of anilines is 1. The molecule has 0 saturated heterocycles. The van der Waals surface area contributed by atoms with Gasteiger partial charge in [-0.1, -0.05) is 0 Å². The summed E-state index contributed by atoms with van der Waals surface area (Å²) in [5.41, 5.74) is 6.67. The van der Waals surface area contributed by atoms with Gasteiger partial charge in [0.15, 0.2) is 5.13 Å². The van der Waals surface area contributed by atoms with Crippen molar-refractivity contribution in [2.75, 3.05) is 12.8 Å². The fourth-order valence-electron chi connectivity index (χ4n) is 1.42. The first-order valence-corrected chi connectivity index (χ1v) is 5.53. The summed E-state index contributed by atoms with van der Waals surface area (Å²) >= 11 is 1.27. The molecule has 2 rings (SSSR count). The highest BCUT2D eigenvalue weighted by Crippen LogP contribution is 2.34. The van der Waals surface area contributed by atoms with E-state index >= 15 is 0 Å². The SMILES string of the molecule is COc1ccc([N+](=O)[O-])cc1-c1csc(N)n1. The molecule has 0 fully saturated rings. The lowest BCUT2D eigenvalue weighted by Crippen LogP contribution is -1.93. The number of benzene rings is 1. The summed E-state index contributed by atoms with van der Waals surface area (Å²) in [5.74, 6) is 0.529. The molecule has 1 heterocycles. The third-order valence-electron chi connectivity index (χ3n) is 2.19. The number of nitrogens with two attached hydrogens (primary N) is 1. The molecule has 0 aliphatic carbocycles. The summed E-state index contributed by atoms with van der Waals surface area (Å²) in [7, 11) is 1.50. The van der Waals surface area contributed by atoms with Crippen LogP contribution >= 0.6 is 11.3 Å². The lowest BCUT2D eigenvalue weighted by Gasteiger charge is -2.05. The molecule has 6 nitrogen and oxygen atoms in total. The van der Waals surface area contributed by atoms with Crippen LogP contribution in [0.2, 0.25) is 0 Å². The Morgan fingerprint density at radius 2 is 2.29 bits per heavy atom. The van der Waals surface area contributed by atoms with Gasteiger partial charge < -0.3 is 10.5 Å². The van der Waals surface area contributed by atoms with E-state index in [1.54, 1.807) is 11.4 Å². The summed E-state index contributed by atoms with van der Waals surface area (Å²) in [6, 6.07) is 4.36. The Hall–Kier alpha value is -2.15. The number of thiazole rings is 1. The van der Waals surface area contributed by atoms with Crippen molar-refractivity contribution in [1.29, 1.82) is 0 Å². The molecule has 0 aliphatic heterocycles. The topological polar surface area (TPSA) is 91.3 Å². The summed E-state index contributed by atoms with van der Waals surface area (Å²) in [4.78, 5) is 14.3. The van der Waals surface area contributed by atoms with E-state index in [1.165, 1.54) is 30.6 Å². The predicted octanol–water partition coefficient (Wildman–Crippen LogP) is 2.31. The second-order valence-electron chi connectivity index (χ2n) is 3.21. The highest BCUT2D eigenvalue weighted by atomic mass is 32.1. The molecule has 0 unspecified atom stereocenters. The van der Waals surface area contributed by atoms with E-state index in [0.717, 1.165) is 0 Å². The largest absolute Gasteiger partial charge is 0.496 e. The first-order valence-electron chi connectivity index (χ1n) is 4.65. The molecule has 88 valence electrons. The maximum Gasteiger partial charge on any atom is 0.270 e. The number of nitrogen functional groups attached to an aromatic ring is 1. The first kappa shape index (κ1) is 11.3. The van der Waals surface area contributed by atoms with Crippen LogP contribution in [0.5, 0.6) is 5.75 Å². The average molecular weight is 251 g/mol.